The zero-order valence-electron chi connectivity index (χ0n) is 10.1. The molecular weight excluding hydrogens is 216 g/mol. The van der Waals surface area contributed by atoms with E-state index in [4.69, 9.17) is 9.84 Å². The van der Waals surface area contributed by atoms with E-state index >= 15 is 0 Å². The molecule has 0 aliphatic heterocycles. The van der Waals surface area contributed by atoms with Crippen LogP contribution in [0.3, 0.4) is 0 Å². The molecule has 1 aromatic rings. The lowest BCUT2D eigenvalue weighted by Crippen LogP contribution is -2.12. The summed E-state index contributed by atoms with van der Waals surface area (Å²) in [4.78, 5) is 10.8. The standard InChI is InChI=1S/C14H18O3/c1-17-13-6-2-10(3-7-13)8-12(9-14(15)16)11-4-5-11/h2-3,6-7,11-12H,4-5,8-9H2,1H3,(H,15,16). The van der Waals surface area contributed by atoms with E-state index in [1.807, 2.05) is 24.3 Å². The van der Waals surface area contributed by atoms with E-state index in [1.54, 1.807) is 7.11 Å². The first-order valence-electron chi connectivity index (χ1n) is 6.03. The van der Waals surface area contributed by atoms with Gasteiger partial charge in [0.2, 0.25) is 0 Å². The topological polar surface area (TPSA) is 46.5 Å². The smallest absolute Gasteiger partial charge is 0.303 e. The average molecular weight is 234 g/mol. The van der Waals surface area contributed by atoms with Gasteiger partial charge in [0.25, 0.3) is 0 Å². The number of carbonyl (C=O) groups is 1. The second-order valence-corrected chi connectivity index (χ2v) is 4.75. The van der Waals surface area contributed by atoms with Crippen LogP contribution in [0.15, 0.2) is 24.3 Å². The minimum Gasteiger partial charge on any atom is -0.497 e. The van der Waals surface area contributed by atoms with Gasteiger partial charge in [-0.3, -0.25) is 4.79 Å². The predicted octanol–water partition coefficient (Wildman–Crippen LogP) is 2.74. The molecule has 1 aliphatic carbocycles. The van der Waals surface area contributed by atoms with Crippen molar-refractivity contribution in [2.45, 2.75) is 25.7 Å². The van der Waals surface area contributed by atoms with Crippen molar-refractivity contribution in [1.29, 1.82) is 0 Å². The summed E-state index contributed by atoms with van der Waals surface area (Å²) in [7, 11) is 1.65. The molecule has 0 heterocycles. The van der Waals surface area contributed by atoms with E-state index in [1.165, 1.54) is 18.4 Å². The third-order valence-electron chi connectivity index (χ3n) is 3.38. The molecule has 1 N–H and O–H groups in total. The van der Waals surface area contributed by atoms with Crippen LogP contribution in [0, 0.1) is 11.8 Å². The van der Waals surface area contributed by atoms with Gasteiger partial charge < -0.3 is 9.84 Å². The van der Waals surface area contributed by atoms with Crippen molar-refractivity contribution in [3.63, 3.8) is 0 Å². The molecule has 1 unspecified atom stereocenters. The van der Waals surface area contributed by atoms with E-state index in [0.717, 1.165) is 12.2 Å². The lowest BCUT2D eigenvalue weighted by Gasteiger charge is -2.14. The molecule has 0 spiro atoms. The fourth-order valence-corrected chi connectivity index (χ4v) is 2.26. The maximum Gasteiger partial charge on any atom is 0.303 e. The Labute approximate surface area is 101 Å². The number of ether oxygens (including phenoxy) is 1. The van der Waals surface area contributed by atoms with E-state index < -0.39 is 5.97 Å². The molecule has 3 heteroatoms. The molecule has 0 amide bonds. The molecule has 1 atom stereocenters. The van der Waals surface area contributed by atoms with Crippen LogP contribution in [0.5, 0.6) is 5.75 Å². The molecule has 0 bridgehead atoms. The zero-order chi connectivity index (χ0) is 12.3. The molecule has 1 fully saturated rings. The lowest BCUT2D eigenvalue weighted by molar-refractivity contribution is -0.138. The number of carboxylic acid groups (broad SMARTS) is 1. The second-order valence-electron chi connectivity index (χ2n) is 4.75. The first-order valence-corrected chi connectivity index (χ1v) is 6.03. The molecule has 0 aromatic heterocycles. The van der Waals surface area contributed by atoms with Crippen LogP contribution < -0.4 is 4.74 Å². The number of benzene rings is 1. The van der Waals surface area contributed by atoms with Gasteiger partial charge in [0.15, 0.2) is 0 Å². The summed E-state index contributed by atoms with van der Waals surface area (Å²) >= 11 is 0. The van der Waals surface area contributed by atoms with Gasteiger partial charge in [-0.1, -0.05) is 12.1 Å². The Balaban J connectivity index is 1.98. The Morgan fingerprint density at radius 3 is 2.53 bits per heavy atom. The Hall–Kier alpha value is -1.51. The van der Waals surface area contributed by atoms with Crippen molar-refractivity contribution in [1.82, 2.24) is 0 Å². The number of hydrogen-bond donors (Lipinski definition) is 1. The molecule has 0 saturated heterocycles. The van der Waals surface area contributed by atoms with Crippen LogP contribution in [-0.4, -0.2) is 18.2 Å². The number of rotatable bonds is 6. The maximum atomic E-state index is 10.8. The van der Waals surface area contributed by atoms with E-state index in [-0.39, 0.29) is 6.42 Å². The number of hydrogen-bond acceptors (Lipinski definition) is 2. The third-order valence-corrected chi connectivity index (χ3v) is 3.38. The van der Waals surface area contributed by atoms with E-state index in [9.17, 15) is 4.79 Å². The van der Waals surface area contributed by atoms with Gasteiger partial charge >= 0.3 is 5.97 Å². The Bertz CT molecular complexity index is 379. The highest BCUT2D eigenvalue weighted by Gasteiger charge is 2.32. The quantitative estimate of drug-likeness (QED) is 0.823. The van der Waals surface area contributed by atoms with Crippen molar-refractivity contribution in [3.05, 3.63) is 29.8 Å². The fourth-order valence-electron chi connectivity index (χ4n) is 2.26. The van der Waals surface area contributed by atoms with E-state index in [0.29, 0.717) is 11.8 Å². The van der Waals surface area contributed by atoms with Crippen LogP contribution >= 0.6 is 0 Å². The number of methoxy groups -OCH3 is 1. The number of aliphatic carboxylic acids is 1. The Morgan fingerprint density at radius 1 is 1.41 bits per heavy atom. The van der Waals surface area contributed by atoms with Crippen molar-refractivity contribution >= 4 is 5.97 Å². The molecular formula is C14H18O3. The second kappa shape index (κ2) is 5.21. The SMILES string of the molecule is COc1ccc(CC(CC(=O)O)C2CC2)cc1. The predicted molar refractivity (Wildman–Crippen MR) is 65.2 cm³/mol. The molecule has 1 saturated carbocycles. The van der Waals surface area contributed by atoms with Crippen LogP contribution in [-0.2, 0) is 11.2 Å². The summed E-state index contributed by atoms with van der Waals surface area (Å²) < 4.78 is 5.10. The average Bonchev–Trinajstić information content (AvgIpc) is 3.12. The van der Waals surface area contributed by atoms with Crippen molar-refractivity contribution in [2.24, 2.45) is 11.8 Å². The highest BCUT2D eigenvalue weighted by molar-refractivity contribution is 5.67. The molecule has 17 heavy (non-hydrogen) atoms. The van der Waals surface area contributed by atoms with E-state index in [2.05, 4.69) is 0 Å². The minimum atomic E-state index is -0.685. The molecule has 3 nitrogen and oxygen atoms in total. The van der Waals surface area contributed by atoms with Crippen molar-refractivity contribution < 1.29 is 14.6 Å². The first kappa shape index (κ1) is 12.0. The molecule has 1 aliphatic rings. The summed E-state index contributed by atoms with van der Waals surface area (Å²) in [6, 6.07) is 7.91. The summed E-state index contributed by atoms with van der Waals surface area (Å²) in [6.07, 6.45) is 3.53. The monoisotopic (exact) mass is 234 g/mol. The highest BCUT2D eigenvalue weighted by atomic mass is 16.5. The fraction of sp³-hybridized carbons (Fsp3) is 0.500. The Kier molecular flexibility index (Phi) is 3.67. The lowest BCUT2D eigenvalue weighted by atomic mass is 9.92. The van der Waals surface area contributed by atoms with Gasteiger partial charge in [-0.2, -0.15) is 0 Å². The van der Waals surface area contributed by atoms with Gasteiger partial charge in [0, 0.05) is 6.42 Å². The molecule has 1 aromatic carbocycles. The van der Waals surface area contributed by atoms with Gasteiger partial charge in [-0.05, 0) is 48.8 Å². The van der Waals surface area contributed by atoms with Crippen LogP contribution in [0.4, 0.5) is 0 Å². The largest absolute Gasteiger partial charge is 0.497 e. The number of carboxylic acids is 1. The molecule has 2 rings (SSSR count). The summed E-state index contributed by atoms with van der Waals surface area (Å²) in [5.74, 6) is 1.07. The summed E-state index contributed by atoms with van der Waals surface area (Å²) in [5, 5.41) is 8.90. The van der Waals surface area contributed by atoms with Crippen molar-refractivity contribution in [3.8, 4) is 5.75 Å². The van der Waals surface area contributed by atoms with Crippen LogP contribution in [0.25, 0.3) is 0 Å². The highest BCUT2D eigenvalue weighted by Crippen LogP contribution is 2.40. The van der Waals surface area contributed by atoms with Gasteiger partial charge in [-0.25, -0.2) is 0 Å². The third kappa shape index (κ3) is 3.48. The molecule has 0 radical (unpaired) electrons. The molecule has 92 valence electrons. The zero-order valence-corrected chi connectivity index (χ0v) is 10.1. The van der Waals surface area contributed by atoms with Crippen LogP contribution in [0.2, 0.25) is 0 Å². The summed E-state index contributed by atoms with van der Waals surface area (Å²) in [5.41, 5.74) is 1.20. The summed E-state index contributed by atoms with van der Waals surface area (Å²) in [6.45, 7) is 0. The Morgan fingerprint density at radius 2 is 2.06 bits per heavy atom. The first-order chi connectivity index (χ1) is 8.19. The van der Waals surface area contributed by atoms with Crippen molar-refractivity contribution in [2.75, 3.05) is 7.11 Å². The maximum absolute atomic E-state index is 10.8. The van der Waals surface area contributed by atoms with Gasteiger partial charge in [0.1, 0.15) is 5.75 Å². The minimum absolute atomic E-state index is 0.288. The van der Waals surface area contributed by atoms with Crippen LogP contribution in [0.1, 0.15) is 24.8 Å². The normalized spacial score (nSPS) is 16.5. The van der Waals surface area contributed by atoms with Gasteiger partial charge in [0.05, 0.1) is 7.11 Å². The van der Waals surface area contributed by atoms with Gasteiger partial charge in [-0.15, -0.1) is 0 Å².